The first kappa shape index (κ1) is 21.8. The monoisotopic (exact) mass is 421 g/mol. The highest BCUT2D eigenvalue weighted by Gasteiger charge is 2.16. The first-order valence-corrected chi connectivity index (χ1v) is 9.95. The van der Waals surface area contributed by atoms with Crippen LogP contribution in [0.4, 0.5) is 20.6 Å². The minimum Gasteiger partial charge on any atom is -0.484 e. The van der Waals surface area contributed by atoms with Crippen LogP contribution in [-0.4, -0.2) is 31.6 Å². The van der Waals surface area contributed by atoms with Crippen LogP contribution in [0.3, 0.4) is 0 Å². The molecule has 0 heterocycles. The number of ether oxygens (including phenoxy) is 1. The highest BCUT2D eigenvalue weighted by molar-refractivity contribution is 6.01. The van der Waals surface area contributed by atoms with Crippen molar-refractivity contribution in [3.05, 3.63) is 90.7 Å². The summed E-state index contributed by atoms with van der Waals surface area (Å²) in [5.74, 6) is 0.00138. The third kappa shape index (κ3) is 7.15. The van der Waals surface area contributed by atoms with Gasteiger partial charge in [0.2, 0.25) is 0 Å². The molecule has 0 unspecified atom stereocenters. The summed E-state index contributed by atoms with van der Waals surface area (Å²) in [5.41, 5.74) is 1.22. The highest BCUT2D eigenvalue weighted by atomic mass is 19.1. The maximum Gasteiger partial charge on any atom is 0.326 e. The lowest BCUT2D eigenvalue weighted by Crippen LogP contribution is -2.38. The molecule has 0 aliphatic heterocycles. The quantitative estimate of drug-likeness (QED) is 0.502. The normalized spacial score (nSPS) is 10.2. The number of carbonyl (C=O) groups excluding carboxylic acids is 2. The number of nitrogens with zero attached hydrogens (tertiary/aromatic N) is 1. The molecule has 6 nitrogen and oxygen atoms in total. The van der Waals surface area contributed by atoms with Crippen molar-refractivity contribution in [3.8, 4) is 5.75 Å². The Morgan fingerprint density at radius 3 is 2.19 bits per heavy atom. The molecular formula is C24H24FN3O3. The van der Waals surface area contributed by atoms with Gasteiger partial charge in [0.25, 0.3) is 5.91 Å². The second-order valence-corrected chi connectivity index (χ2v) is 6.73. The number of para-hydroxylation sites is 2. The smallest absolute Gasteiger partial charge is 0.326 e. The van der Waals surface area contributed by atoms with Crippen LogP contribution in [0.2, 0.25) is 0 Å². The van der Waals surface area contributed by atoms with Gasteiger partial charge in [-0.05, 0) is 55.0 Å². The fourth-order valence-electron chi connectivity index (χ4n) is 2.86. The summed E-state index contributed by atoms with van der Waals surface area (Å²) in [6.07, 6.45) is 0.511. The average molecular weight is 421 g/mol. The summed E-state index contributed by atoms with van der Waals surface area (Å²) in [4.78, 5) is 26.3. The number of anilines is 2. The molecule has 0 bridgehead atoms. The van der Waals surface area contributed by atoms with Crippen molar-refractivity contribution in [2.45, 2.75) is 6.42 Å². The van der Waals surface area contributed by atoms with Gasteiger partial charge in [-0.25, -0.2) is 9.18 Å². The van der Waals surface area contributed by atoms with Crippen LogP contribution in [-0.2, 0) is 4.79 Å². The first-order valence-electron chi connectivity index (χ1n) is 9.95. The summed E-state index contributed by atoms with van der Waals surface area (Å²) in [6.45, 7) is 0.623. The number of nitrogens with one attached hydrogen (secondary N) is 2. The Morgan fingerprint density at radius 2 is 1.52 bits per heavy atom. The van der Waals surface area contributed by atoms with Crippen molar-refractivity contribution in [2.75, 3.05) is 29.9 Å². The number of rotatable bonds is 9. The molecular weight excluding hydrogens is 397 g/mol. The summed E-state index contributed by atoms with van der Waals surface area (Å²) in [6, 6.07) is 23.5. The highest BCUT2D eigenvalue weighted by Crippen LogP contribution is 2.17. The van der Waals surface area contributed by atoms with Crippen molar-refractivity contribution in [1.82, 2.24) is 5.32 Å². The molecule has 3 rings (SSSR count). The zero-order valence-electron chi connectivity index (χ0n) is 17.0. The summed E-state index contributed by atoms with van der Waals surface area (Å²) < 4.78 is 18.7. The predicted octanol–water partition coefficient (Wildman–Crippen LogP) is 4.45. The van der Waals surface area contributed by atoms with Crippen molar-refractivity contribution < 1.29 is 18.7 Å². The van der Waals surface area contributed by atoms with Crippen molar-refractivity contribution in [1.29, 1.82) is 0 Å². The molecule has 0 aliphatic rings. The third-order valence-corrected chi connectivity index (χ3v) is 4.40. The van der Waals surface area contributed by atoms with E-state index < -0.39 is 0 Å². The largest absolute Gasteiger partial charge is 0.484 e. The zero-order chi connectivity index (χ0) is 21.9. The fourth-order valence-corrected chi connectivity index (χ4v) is 2.86. The number of benzene rings is 3. The summed E-state index contributed by atoms with van der Waals surface area (Å²) in [5, 5.41) is 5.60. The minimum absolute atomic E-state index is 0.0832. The van der Waals surface area contributed by atoms with E-state index in [4.69, 9.17) is 4.74 Å². The van der Waals surface area contributed by atoms with Gasteiger partial charge in [-0.15, -0.1) is 0 Å². The van der Waals surface area contributed by atoms with E-state index in [1.165, 1.54) is 17.0 Å². The molecule has 0 radical (unpaired) electrons. The Morgan fingerprint density at radius 1 is 0.871 bits per heavy atom. The van der Waals surface area contributed by atoms with Crippen molar-refractivity contribution in [2.24, 2.45) is 0 Å². The van der Waals surface area contributed by atoms with E-state index in [1.807, 2.05) is 36.4 Å². The first-order chi connectivity index (χ1) is 15.1. The molecule has 0 spiro atoms. The molecule has 0 aromatic heterocycles. The van der Waals surface area contributed by atoms with Crippen molar-refractivity contribution in [3.63, 3.8) is 0 Å². The molecule has 3 aromatic carbocycles. The maximum atomic E-state index is 13.3. The minimum atomic E-state index is -0.377. The van der Waals surface area contributed by atoms with Gasteiger partial charge in [0, 0.05) is 24.5 Å². The Labute approximate surface area is 180 Å². The lowest BCUT2D eigenvalue weighted by molar-refractivity contribution is -0.123. The van der Waals surface area contributed by atoms with Crippen LogP contribution in [0.15, 0.2) is 84.9 Å². The van der Waals surface area contributed by atoms with Crippen LogP contribution < -0.4 is 20.3 Å². The van der Waals surface area contributed by atoms with E-state index >= 15 is 0 Å². The van der Waals surface area contributed by atoms with Crippen molar-refractivity contribution >= 4 is 23.3 Å². The Bertz CT molecular complexity index is 966. The van der Waals surface area contributed by atoms with Crippen LogP contribution in [0, 0.1) is 5.82 Å². The Hall–Kier alpha value is -3.87. The van der Waals surface area contributed by atoms with Crippen LogP contribution in [0.25, 0.3) is 0 Å². The van der Waals surface area contributed by atoms with Crippen LogP contribution >= 0.6 is 0 Å². The van der Waals surface area contributed by atoms with Gasteiger partial charge < -0.3 is 15.4 Å². The van der Waals surface area contributed by atoms with E-state index in [-0.39, 0.29) is 24.4 Å². The molecule has 0 aliphatic carbocycles. The molecule has 160 valence electrons. The zero-order valence-corrected chi connectivity index (χ0v) is 17.0. The molecule has 0 atom stereocenters. The van der Waals surface area contributed by atoms with E-state index in [1.54, 1.807) is 36.4 Å². The lowest BCUT2D eigenvalue weighted by atomic mass is 10.2. The average Bonchev–Trinajstić information content (AvgIpc) is 2.80. The number of hydrogen-bond donors (Lipinski definition) is 2. The van der Waals surface area contributed by atoms with Gasteiger partial charge in [0.15, 0.2) is 6.61 Å². The molecule has 0 fully saturated rings. The molecule has 0 saturated carbocycles. The van der Waals surface area contributed by atoms with Crippen LogP contribution in [0.5, 0.6) is 5.75 Å². The second-order valence-electron chi connectivity index (χ2n) is 6.73. The third-order valence-electron chi connectivity index (χ3n) is 4.40. The molecule has 0 saturated heterocycles. The van der Waals surface area contributed by atoms with Crippen LogP contribution in [0.1, 0.15) is 6.42 Å². The molecule has 31 heavy (non-hydrogen) atoms. The Kier molecular flexibility index (Phi) is 7.99. The van der Waals surface area contributed by atoms with Gasteiger partial charge in [-0.1, -0.05) is 36.4 Å². The van der Waals surface area contributed by atoms with Gasteiger partial charge in [-0.2, -0.15) is 0 Å². The number of hydrogen-bond acceptors (Lipinski definition) is 3. The van der Waals surface area contributed by atoms with E-state index in [9.17, 15) is 14.0 Å². The number of urea groups is 1. The van der Waals surface area contributed by atoms with E-state index in [2.05, 4.69) is 10.6 Å². The van der Waals surface area contributed by atoms with E-state index in [0.717, 1.165) is 0 Å². The standard InChI is InChI=1S/C24H24FN3O3/c25-19-12-14-21(15-13-19)28(24(30)27-20-8-3-1-4-9-20)17-7-16-26-23(29)18-31-22-10-5-2-6-11-22/h1-6,8-15H,7,16-18H2,(H,26,29)(H,27,30). The summed E-state index contributed by atoms with van der Waals surface area (Å²) in [7, 11) is 0. The second kappa shape index (κ2) is 11.3. The van der Waals surface area contributed by atoms with Gasteiger partial charge >= 0.3 is 6.03 Å². The fraction of sp³-hybridized carbons (Fsp3) is 0.167. The maximum absolute atomic E-state index is 13.3. The van der Waals surface area contributed by atoms with E-state index in [0.29, 0.717) is 36.6 Å². The lowest BCUT2D eigenvalue weighted by Gasteiger charge is -2.23. The number of halogens is 1. The molecule has 2 N–H and O–H groups in total. The molecule has 3 amide bonds. The summed E-state index contributed by atoms with van der Waals surface area (Å²) >= 11 is 0. The molecule has 3 aromatic rings. The number of carbonyl (C=O) groups is 2. The van der Waals surface area contributed by atoms with Gasteiger partial charge in [0.1, 0.15) is 11.6 Å². The molecule has 7 heteroatoms. The Balaban J connectivity index is 1.51. The van der Waals surface area contributed by atoms with Gasteiger partial charge in [0.05, 0.1) is 0 Å². The SMILES string of the molecule is O=C(COc1ccccc1)NCCCN(C(=O)Nc1ccccc1)c1ccc(F)cc1. The van der Waals surface area contributed by atoms with Gasteiger partial charge in [-0.3, -0.25) is 9.69 Å². The topological polar surface area (TPSA) is 70.7 Å². The number of amides is 3. The predicted molar refractivity (Wildman–Crippen MR) is 119 cm³/mol.